The highest BCUT2D eigenvalue weighted by atomic mass is 16.5. The topological polar surface area (TPSA) is 64.3 Å². The Labute approximate surface area is 102 Å². The van der Waals surface area contributed by atoms with Crippen molar-refractivity contribution < 1.29 is 9.53 Å². The summed E-state index contributed by atoms with van der Waals surface area (Å²) in [5, 5.41) is 2.78. The first-order valence-electron chi connectivity index (χ1n) is 5.73. The fraction of sp³-hybridized carbons (Fsp3) is 0.462. The van der Waals surface area contributed by atoms with E-state index in [1.165, 1.54) is 0 Å². The number of carbonyl (C=O) groups is 1. The van der Waals surface area contributed by atoms with Crippen molar-refractivity contribution in [1.29, 1.82) is 0 Å². The molecule has 0 aromatic heterocycles. The predicted molar refractivity (Wildman–Crippen MR) is 69.1 cm³/mol. The van der Waals surface area contributed by atoms with Crippen molar-refractivity contribution >= 4 is 11.6 Å². The molecule has 0 aliphatic heterocycles. The summed E-state index contributed by atoms with van der Waals surface area (Å²) in [6.45, 7) is 4.08. The van der Waals surface area contributed by atoms with Gasteiger partial charge in [-0.15, -0.1) is 0 Å². The van der Waals surface area contributed by atoms with Crippen LogP contribution < -0.4 is 15.8 Å². The van der Waals surface area contributed by atoms with Crippen LogP contribution in [0.4, 0.5) is 5.69 Å². The molecule has 1 rings (SSSR count). The number of methoxy groups -OCH3 is 1. The summed E-state index contributed by atoms with van der Waals surface area (Å²) >= 11 is 0. The third-order valence-corrected chi connectivity index (χ3v) is 2.40. The molecule has 4 nitrogen and oxygen atoms in total. The zero-order valence-corrected chi connectivity index (χ0v) is 10.6. The van der Waals surface area contributed by atoms with Gasteiger partial charge in [-0.1, -0.05) is 19.9 Å². The van der Waals surface area contributed by atoms with Gasteiger partial charge in [-0.05, 0) is 24.5 Å². The molecule has 0 heterocycles. The SMILES string of the molecule is COc1cccc(NC(=O)C(N)CC(C)C)c1. The zero-order chi connectivity index (χ0) is 12.8. The van der Waals surface area contributed by atoms with Gasteiger partial charge in [0.1, 0.15) is 5.75 Å². The van der Waals surface area contributed by atoms with Crippen molar-refractivity contribution in [3.05, 3.63) is 24.3 Å². The van der Waals surface area contributed by atoms with E-state index < -0.39 is 6.04 Å². The lowest BCUT2D eigenvalue weighted by Gasteiger charge is -2.14. The number of anilines is 1. The summed E-state index contributed by atoms with van der Waals surface area (Å²) < 4.78 is 5.08. The van der Waals surface area contributed by atoms with Crippen LogP contribution in [0.3, 0.4) is 0 Å². The molecule has 0 radical (unpaired) electrons. The van der Waals surface area contributed by atoms with Crippen molar-refractivity contribution in [2.24, 2.45) is 11.7 Å². The average Bonchev–Trinajstić information content (AvgIpc) is 2.28. The lowest BCUT2D eigenvalue weighted by molar-refractivity contribution is -0.117. The molecule has 3 N–H and O–H groups in total. The first-order chi connectivity index (χ1) is 8.02. The van der Waals surface area contributed by atoms with Gasteiger partial charge in [0.15, 0.2) is 0 Å². The molecule has 1 aromatic carbocycles. The van der Waals surface area contributed by atoms with Crippen molar-refractivity contribution in [2.45, 2.75) is 26.3 Å². The Hall–Kier alpha value is -1.55. The number of nitrogens with one attached hydrogen (secondary N) is 1. The summed E-state index contributed by atoms with van der Waals surface area (Å²) in [5.74, 6) is 0.952. The number of amides is 1. The lowest BCUT2D eigenvalue weighted by Crippen LogP contribution is -2.36. The second-order valence-corrected chi connectivity index (χ2v) is 4.46. The summed E-state index contributed by atoms with van der Waals surface area (Å²) in [6.07, 6.45) is 0.676. The highest BCUT2D eigenvalue weighted by Crippen LogP contribution is 2.17. The monoisotopic (exact) mass is 236 g/mol. The maximum absolute atomic E-state index is 11.8. The minimum atomic E-state index is -0.471. The van der Waals surface area contributed by atoms with Gasteiger partial charge in [0.2, 0.25) is 5.91 Å². The molecule has 0 spiro atoms. The lowest BCUT2D eigenvalue weighted by atomic mass is 10.0. The van der Waals surface area contributed by atoms with Gasteiger partial charge in [0, 0.05) is 11.8 Å². The summed E-state index contributed by atoms with van der Waals surface area (Å²) in [4.78, 5) is 11.8. The Kier molecular flexibility index (Phi) is 4.97. The quantitative estimate of drug-likeness (QED) is 0.822. The number of rotatable bonds is 5. The van der Waals surface area contributed by atoms with Crippen molar-refractivity contribution in [1.82, 2.24) is 0 Å². The van der Waals surface area contributed by atoms with E-state index in [1.807, 2.05) is 32.0 Å². The maximum atomic E-state index is 11.8. The molecule has 0 fully saturated rings. The second-order valence-electron chi connectivity index (χ2n) is 4.46. The molecule has 1 amide bonds. The van der Waals surface area contributed by atoms with E-state index in [-0.39, 0.29) is 5.91 Å². The number of ether oxygens (including phenoxy) is 1. The molecular weight excluding hydrogens is 216 g/mol. The smallest absolute Gasteiger partial charge is 0.241 e. The van der Waals surface area contributed by atoms with E-state index in [0.29, 0.717) is 23.8 Å². The molecule has 1 atom stereocenters. The van der Waals surface area contributed by atoms with Crippen LogP contribution in [0, 0.1) is 5.92 Å². The zero-order valence-electron chi connectivity index (χ0n) is 10.6. The van der Waals surface area contributed by atoms with Crippen molar-refractivity contribution in [3.63, 3.8) is 0 Å². The summed E-state index contributed by atoms with van der Waals surface area (Å²) in [7, 11) is 1.59. The van der Waals surface area contributed by atoms with Crippen LogP contribution in [0.2, 0.25) is 0 Å². The van der Waals surface area contributed by atoms with Crippen LogP contribution >= 0.6 is 0 Å². The van der Waals surface area contributed by atoms with E-state index in [9.17, 15) is 4.79 Å². The normalized spacial score (nSPS) is 12.3. The molecule has 0 saturated carbocycles. The van der Waals surface area contributed by atoms with E-state index >= 15 is 0 Å². The second kappa shape index (κ2) is 6.25. The number of nitrogens with two attached hydrogens (primary N) is 1. The molecule has 1 unspecified atom stereocenters. The Morgan fingerprint density at radius 3 is 2.76 bits per heavy atom. The number of benzene rings is 1. The minimum Gasteiger partial charge on any atom is -0.497 e. The molecule has 0 bridgehead atoms. The highest BCUT2D eigenvalue weighted by molar-refractivity contribution is 5.94. The fourth-order valence-corrected chi connectivity index (χ4v) is 1.55. The third-order valence-electron chi connectivity index (χ3n) is 2.40. The molecule has 0 saturated heterocycles. The van der Waals surface area contributed by atoms with Crippen LogP contribution in [0.5, 0.6) is 5.75 Å². The van der Waals surface area contributed by atoms with Crippen LogP contribution in [0.15, 0.2) is 24.3 Å². The van der Waals surface area contributed by atoms with Crippen LogP contribution in [0.25, 0.3) is 0 Å². The molecule has 0 aliphatic rings. The van der Waals surface area contributed by atoms with Crippen molar-refractivity contribution in [2.75, 3.05) is 12.4 Å². The van der Waals surface area contributed by atoms with Gasteiger partial charge >= 0.3 is 0 Å². The third kappa shape index (κ3) is 4.44. The van der Waals surface area contributed by atoms with Gasteiger partial charge in [-0.2, -0.15) is 0 Å². The highest BCUT2D eigenvalue weighted by Gasteiger charge is 2.14. The van der Waals surface area contributed by atoms with Crippen LogP contribution in [-0.2, 0) is 4.79 Å². The average molecular weight is 236 g/mol. The van der Waals surface area contributed by atoms with Crippen molar-refractivity contribution in [3.8, 4) is 5.75 Å². The fourth-order valence-electron chi connectivity index (χ4n) is 1.55. The van der Waals surface area contributed by atoms with Crippen LogP contribution in [-0.4, -0.2) is 19.1 Å². The molecule has 1 aromatic rings. The summed E-state index contributed by atoms with van der Waals surface area (Å²) in [6, 6.07) is 6.75. The number of hydrogen-bond donors (Lipinski definition) is 2. The largest absolute Gasteiger partial charge is 0.497 e. The van der Waals surface area contributed by atoms with E-state index in [2.05, 4.69) is 5.32 Å². The minimum absolute atomic E-state index is 0.160. The first kappa shape index (κ1) is 13.5. The predicted octanol–water partition coefficient (Wildman–Crippen LogP) is 2.01. The Morgan fingerprint density at radius 2 is 2.18 bits per heavy atom. The Bertz CT molecular complexity index is 377. The van der Waals surface area contributed by atoms with E-state index in [1.54, 1.807) is 13.2 Å². The van der Waals surface area contributed by atoms with E-state index in [0.717, 1.165) is 0 Å². The standard InChI is InChI=1S/C13H20N2O2/c1-9(2)7-12(14)13(16)15-10-5-4-6-11(8-10)17-3/h4-6,8-9,12H,7,14H2,1-3H3,(H,15,16). The number of hydrogen-bond acceptors (Lipinski definition) is 3. The molecule has 4 heteroatoms. The Balaban J connectivity index is 2.61. The first-order valence-corrected chi connectivity index (χ1v) is 5.73. The van der Waals surface area contributed by atoms with Gasteiger partial charge < -0.3 is 15.8 Å². The Morgan fingerprint density at radius 1 is 1.47 bits per heavy atom. The van der Waals surface area contributed by atoms with Crippen LogP contribution in [0.1, 0.15) is 20.3 Å². The van der Waals surface area contributed by atoms with Gasteiger partial charge in [-0.3, -0.25) is 4.79 Å². The number of carbonyl (C=O) groups excluding carboxylic acids is 1. The van der Waals surface area contributed by atoms with Gasteiger partial charge in [0.05, 0.1) is 13.2 Å². The maximum Gasteiger partial charge on any atom is 0.241 e. The molecule has 0 aliphatic carbocycles. The van der Waals surface area contributed by atoms with Gasteiger partial charge in [0.25, 0.3) is 0 Å². The van der Waals surface area contributed by atoms with E-state index in [4.69, 9.17) is 10.5 Å². The van der Waals surface area contributed by atoms with Gasteiger partial charge in [-0.25, -0.2) is 0 Å². The molecular formula is C13H20N2O2. The molecule has 94 valence electrons. The summed E-state index contributed by atoms with van der Waals surface area (Å²) in [5.41, 5.74) is 6.50. The molecule has 17 heavy (non-hydrogen) atoms.